The van der Waals surface area contributed by atoms with E-state index in [4.69, 9.17) is 11.6 Å². The summed E-state index contributed by atoms with van der Waals surface area (Å²) in [5, 5.41) is 4.67. The molecule has 0 aliphatic heterocycles. The van der Waals surface area contributed by atoms with Crippen LogP contribution in [-0.4, -0.2) is 6.04 Å². The van der Waals surface area contributed by atoms with Crippen LogP contribution in [0.3, 0.4) is 0 Å². The van der Waals surface area contributed by atoms with E-state index in [-0.39, 0.29) is 0 Å². The van der Waals surface area contributed by atoms with Gasteiger partial charge in [0, 0.05) is 6.04 Å². The summed E-state index contributed by atoms with van der Waals surface area (Å²) in [5.41, 5.74) is 2.37. The molecule has 0 amide bonds. The standard InChI is InChI=1S/C19H28ClN/c1-14-11-12-19(17(20)13-14)21-18-10-6-5-9-16(18)15-7-3-2-4-8-15/h11-13,15-16,18,21H,2-10H2,1H3. The smallest absolute Gasteiger partial charge is 0.0640 e. The van der Waals surface area contributed by atoms with Gasteiger partial charge in [-0.1, -0.05) is 62.6 Å². The van der Waals surface area contributed by atoms with E-state index in [0.29, 0.717) is 6.04 Å². The molecule has 116 valence electrons. The molecule has 21 heavy (non-hydrogen) atoms. The fourth-order valence-electron chi connectivity index (χ4n) is 4.40. The molecule has 1 nitrogen and oxygen atoms in total. The molecule has 2 unspecified atom stereocenters. The van der Waals surface area contributed by atoms with E-state index in [1.165, 1.54) is 63.4 Å². The second-order valence-electron chi connectivity index (χ2n) is 7.08. The Morgan fingerprint density at radius 1 is 0.952 bits per heavy atom. The van der Waals surface area contributed by atoms with Gasteiger partial charge in [0.05, 0.1) is 10.7 Å². The quantitative estimate of drug-likeness (QED) is 0.701. The molecule has 0 aromatic heterocycles. The van der Waals surface area contributed by atoms with Crippen molar-refractivity contribution >= 4 is 17.3 Å². The fraction of sp³-hybridized carbons (Fsp3) is 0.684. The zero-order chi connectivity index (χ0) is 14.7. The van der Waals surface area contributed by atoms with Crippen LogP contribution in [0.15, 0.2) is 18.2 Å². The van der Waals surface area contributed by atoms with Crippen molar-refractivity contribution in [2.75, 3.05) is 5.32 Å². The van der Waals surface area contributed by atoms with E-state index in [9.17, 15) is 0 Å². The summed E-state index contributed by atoms with van der Waals surface area (Å²) >= 11 is 6.42. The average Bonchev–Trinajstić information content (AvgIpc) is 2.51. The minimum atomic E-state index is 0.627. The lowest BCUT2D eigenvalue weighted by atomic mass is 9.71. The van der Waals surface area contributed by atoms with Crippen molar-refractivity contribution in [3.05, 3.63) is 28.8 Å². The zero-order valence-corrected chi connectivity index (χ0v) is 14.0. The van der Waals surface area contributed by atoms with Gasteiger partial charge in [0.15, 0.2) is 0 Å². The van der Waals surface area contributed by atoms with Crippen molar-refractivity contribution in [1.29, 1.82) is 0 Å². The Morgan fingerprint density at radius 2 is 1.67 bits per heavy atom. The number of benzene rings is 1. The van der Waals surface area contributed by atoms with Crippen LogP contribution in [0.5, 0.6) is 0 Å². The number of halogens is 1. The summed E-state index contributed by atoms with van der Waals surface area (Å²) in [6.45, 7) is 2.10. The molecular weight excluding hydrogens is 278 g/mol. The van der Waals surface area contributed by atoms with Gasteiger partial charge in [-0.15, -0.1) is 0 Å². The fourth-order valence-corrected chi connectivity index (χ4v) is 4.69. The van der Waals surface area contributed by atoms with Crippen LogP contribution < -0.4 is 5.32 Å². The second kappa shape index (κ2) is 7.05. The molecule has 0 heterocycles. The van der Waals surface area contributed by atoms with Crippen LogP contribution in [0.1, 0.15) is 63.4 Å². The molecule has 0 spiro atoms. The Kier molecular flexibility index (Phi) is 5.11. The van der Waals surface area contributed by atoms with Gasteiger partial charge < -0.3 is 5.32 Å². The Bertz CT molecular complexity index is 465. The van der Waals surface area contributed by atoms with E-state index in [0.717, 1.165) is 22.5 Å². The molecule has 1 aromatic rings. The van der Waals surface area contributed by atoms with Gasteiger partial charge in [-0.05, 0) is 49.3 Å². The topological polar surface area (TPSA) is 12.0 Å². The minimum Gasteiger partial charge on any atom is -0.381 e. The van der Waals surface area contributed by atoms with Crippen LogP contribution in [0, 0.1) is 18.8 Å². The maximum Gasteiger partial charge on any atom is 0.0640 e. The first-order chi connectivity index (χ1) is 10.2. The lowest BCUT2D eigenvalue weighted by Gasteiger charge is -2.40. The van der Waals surface area contributed by atoms with Crippen molar-refractivity contribution < 1.29 is 0 Å². The molecule has 1 aromatic carbocycles. The molecule has 2 atom stereocenters. The van der Waals surface area contributed by atoms with E-state index in [1.807, 2.05) is 0 Å². The van der Waals surface area contributed by atoms with Crippen molar-refractivity contribution in [3.8, 4) is 0 Å². The van der Waals surface area contributed by atoms with E-state index >= 15 is 0 Å². The molecule has 2 saturated carbocycles. The molecule has 1 N–H and O–H groups in total. The van der Waals surface area contributed by atoms with Crippen molar-refractivity contribution in [3.63, 3.8) is 0 Å². The third-order valence-electron chi connectivity index (χ3n) is 5.54. The van der Waals surface area contributed by atoms with E-state index in [2.05, 4.69) is 30.4 Å². The molecule has 2 aliphatic carbocycles. The third kappa shape index (κ3) is 3.74. The molecule has 0 saturated heterocycles. The first kappa shape index (κ1) is 15.2. The molecule has 2 heteroatoms. The van der Waals surface area contributed by atoms with E-state index in [1.54, 1.807) is 0 Å². The van der Waals surface area contributed by atoms with Gasteiger partial charge in [0.1, 0.15) is 0 Å². The highest BCUT2D eigenvalue weighted by atomic mass is 35.5. The highest BCUT2D eigenvalue weighted by Gasteiger charge is 2.32. The van der Waals surface area contributed by atoms with Gasteiger partial charge in [-0.25, -0.2) is 0 Å². The summed E-state index contributed by atoms with van der Waals surface area (Å²) in [4.78, 5) is 0. The van der Waals surface area contributed by atoms with Crippen LogP contribution in [-0.2, 0) is 0 Å². The zero-order valence-electron chi connectivity index (χ0n) is 13.2. The predicted molar refractivity (Wildman–Crippen MR) is 92.1 cm³/mol. The summed E-state index contributed by atoms with van der Waals surface area (Å²) in [6, 6.07) is 7.01. The lowest BCUT2D eigenvalue weighted by Crippen LogP contribution is -2.37. The van der Waals surface area contributed by atoms with Crippen molar-refractivity contribution in [2.45, 2.75) is 70.8 Å². The van der Waals surface area contributed by atoms with Gasteiger partial charge in [-0.3, -0.25) is 0 Å². The first-order valence-corrected chi connectivity index (χ1v) is 9.14. The normalized spacial score (nSPS) is 27.5. The Labute approximate surface area is 134 Å². The largest absolute Gasteiger partial charge is 0.381 e. The second-order valence-corrected chi connectivity index (χ2v) is 7.49. The average molecular weight is 306 g/mol. The lowest BCUT2D eigenvalue weighted by molar-refractivity contribution is 0.180. The summed E-state index contributed by atoms with van der Waals surface area (Å²) in [6.07, 6.45) is 12.7. The van der Waals surface area contributed by atoms with Crippen LogP contribution in [0.4, 0.5) is 5.69 Å². The molecule has 3 rings (SSSR count). The van der Waals surface area contributed by atoms with Crippen LogP contribution in [0.2, 0.25) is 5.02 Å². The SMILES string of the molecule is Cc1ccc(NC2CCCCC2C2CCCCC2)c(Cl)c1. The van der Waals surface area contributed by atoms with E-state index < -0.39 is 0 Å². The highest BCUT2D eigenvalue weighted by molar-refractivity contribution is 6.33. The Morgan fingerprint density at radius 3 is 2.43 bits per heavy atom. The minimum absolute atomic E-state index is 0.627. The molecule has 2 fully saturated rings. The third-order valence-corrected chi connectivity index (χ3v) is 5.85. The number of nitrogens with one attached hydrogen (secondary N) is 1. The first-order valence-electron chi connectivity index (χ1n) is 8.77. The molecule has 0 radical (unpaired) electrons. The molecule has 0 bridgehead atoms. The molecule has 2 aliphatic rings. The Hall–Kier alpha value is -0.690. The highest BCUT2D eigenvalue weighted by Crippen LogP contribution is 2.40. The van der Waals surface area contributed by atoms with Gasteiger partial charge in [0.2, 0.25) is 0 Å². The van der Waals surface area contributed by atoms with Crippen molar-refractivity contribution in [1.82, 2.24) is 0 Å². The molecular formula is C19H28ClN. The maximum absolute atomic E-state index is 6.42. The summed E-state index contributed by atoms with van der Waals surface area (Å²) in [7, 11) is 0. The van der Waals surface area contributed by atoms with Crippen LogP contribution >= 0.6 is 11.6 Å². The van der Waals surface area contributed by atoms with Crippen molar-refractivity contribution in [2.24, 2.45) is 11.8 Å². The number of anilines is 1. The van der Waals surface area contributed by atoms with Gasteiger partial charge in [-0.2, -0.15) is 0 Å². The monoisotopic (exact) mass is 305 g/mol. The van der Waals surface area contributed by atoms with Gasteiger partial charge in [0.25, 0.3) is 0 Å². The maximum atomic E-state index is 6.42. The number of hydrogen-bond acceptors (Lipinski definition) is 1. The van der Waals surface area contributed by atoms with Gasteiger partial charge >= 0.3 is 0 Å². The number of aryl methyl sites for hydroxylation is 1. The Balaban J connectivity index is 1.71. The predicted octanol–water partition coefficient (Wildman–Crippen LogP) is 6.20. The summed E-state index contributed by atoms with van der Waals surface area (Å²) < 4.78 is 0. The van der Waals surface area contributed by atoms with Crippen LogP contribution in [0.25, 0.3) is 0 Å². The number of hydrogen-bond donors (Lipinski definition) is 1. The number of rotatable bonds is 3. The summed E-state index contributed by atoms with van der Waals surface area (Å²) in [5.74, 6) is 1.80.